The minimum atomic E-state index is 0.403. The van der Waals surface area contributed by atoms with E-state index in [-0.39, 0.29) is 0 Å². The molecule has 0 atom stereocenters. The van der Waals surface area contributed by atoms with Crippen molar-refractivity contribution in [1.82, 2.24) is 0 Å². The molecule has 0 heterocycles. The molecule has 104 valence electrons. The summed E-state index contributed by atoms with van der Waals surface area (Å²) in [4.78, 5) is 0. The van der Waals surface area contributed by atoms with Gasteiger partial charge in [0.25, 0.3) is 0 Å². The number of ether oxygens (including phenoxy) is 2. The predicted molar refractivity (Wildman–Crippen MR) is 81.5 cm³/mol. The first-order valence-electron chi connectivity index (χ1n) is 5.71. The molecule has 0 aliphatic rings. The van der Waals surface area contributed by atoms with E-state index in [9.17, 15) is 0 Å². The molecule has 0 unspecified atom stereocenters. The van der Waals surface area contributed by atoms with Gasteiger partial charge in [-0.25, -0.2) is 0 Å². The SMILES string of the molecule is C=C(C)C=COCCCOc1c(Cl)cc(Cl)cc1Cl. The zero-order chi connectivity index (χ0) is 14.3. The van der Waals surface area contributed by atoms with Gasteiger partial charge in [0.05, 0.1) is 29.5 Å². The van der Waals surface area contributed by atoms with Crippen molar-refractivity contribution in [3.05, 3.63) is 51.7 Å². The van der Waals surface area contributed by atoms with Gasteiger partial charge in [-0.1, -0.05) is 47.0 Å². The van der Waals surface area contributed by atoms with Gasteiger partial charge in [-0.05, 0) is 25.1 Å². The van der Waals surface area contributed by atoms with Crippen molar-refractivity contribution >= 4 is 34.8 Å². The van der Waals surface area contributed by atoms with Crippen LogP contribution in [0.4, 0.5) is 0 Å². The Kier molecular flexibility index (Phi) is 7.14. The summed E-state index contributed by atoms with van der Waals surface area (Å²) in [6.07, 6.45) is 4.13. The van der Waals surface area contributed by atoms with E-state index in [2.05, 4.69) is 6.58 Å². The van der Waals surface area contributed by atoms with Crippen molar-refractivity contribution in [3.8, 4) is 5.75 Å². The van der Waals surface area contributed by atoms with Crippen LogP contribution in [0, 0.1) is 0 Å². The molecule has 0 saturated heterocycles. The zero-order valence-corrected chi connectivity index (χ0v) is 12.9. The zero-order valence-electron chi connectivity index (χ0n) is 10.6. The first kappa shape index (κ1) is 16.2. The van der Waals surface area contributed by atoms with Crippen LogP contribution in [0.3, 0.4) is 0 Å². The third-order valence-corrected chi connectivity index (χ3v) is 2.84. The molecular formula is C14H15Cl3O2. The van der Waals surface area contributed by atoms with Crippen molar-refractivity contribution < 1.29 is 9.47 Å². The highest BCUT2D eigenvalue weighted by Gasteiger charge is 2.08. The van der Waals surface area contributed by atoms with Gasteiger partial charge in [0.1, 0.15) is 0 Å². The maximum Gasteiger partial charge on any atom is 0.156 e. The summed E-state index contributed by atoms with van der Waals surface area (Å²) < 4.78 is 10.8. The minimum absolute atomic E-state index is 0.403. The van der Waals surface area contributed by atoms with E-state index in [1.54, 1.807) is 24.5 Å². The number of halogens is 3. The van der Waals surface area contributed by atoms with Gasteiger partial charge < -0.3 is 9.47 Å². The second-order valence-electron chi connectivity index (χ2n) is 3.92. The van der Waals surface area contributed by atoms with Crippen LogP contribution < -0.4 is 4.74 Å². The monoisotopic (exact) mass is 320 g/mol. The Morgan fingerprint density at radius 3 is 2.42 bits per heavy atom. The summed E-state index contributed by atoms with van der Waals surface area (Å²) in [5.74, 6) is 0.449. The maximum absolute atomic E-state index is 5.99. The summed E-state index contributed by atoms with van der Waals surface area (Å²) in [5, 5.41) is 1.29. The first-order chi connectivity index (χ1) is 9.00. The number of rotatable bonds is 7. The lowest BCUT2D eigenvalue weighted by atomic mass is 10.3. The number of hydrogen-bond donors (Lipinski definition) is 0. The third kappa shape index (κ3) is 6.24. The molecule has 5 heteroatoms. The Labute approximate surface area is 128 Å². The summed E-state index contributed by atoms with van der Waals surface area (Å²) >= 11 is 17.8. The molecule has 1 rings (SSSR count). The Morgan fingerprint density at radius 1 is 1.21 bits per heavy atom. The van der Waals surface area contributed by atoms with E-state index in [0.717, 1.165) is 12.0 Å². The molecule has 0 fully saturated rings. The smallest absolute Gasteiger partial charge is 0.156 e. The molecule has 0 radical (unpaired) electrons. The van der Waals surface area contributed by atoms with Crippen LogP contribution in [-0.4, -0.2) is 13.2 Å². The number of hydrogen-bond acceptors (Lipinski definition) is 2. The normalized spacial score (nSPS) is 10.7. The predicted octanol–water partition coefficient (Wildman–Crippen LogP) is 5.52. The Hall–Kier alpha value is -0.830. The summed E-state index contributed by atoms with van der Waals surface area (Å²) in [6.45, 7) is 6.63. The highest BCUT2D eigenvalue weighted by molar-refractivity contribution is 6.40. The highest BCUT2D eigenvalue weighted by atomic mass is 35.5. The molecule has 0 aliphatic heterocycles. The third-order valence-electron chi connectivity index (χ3n) is 2.06. The fourth-order valence-corrected chi connectivity index (χ4v) is 2.14. The molecule has 0 aromatic heterocycles. The molecule has 0 amide bonds. The van der Waals surface area contributed by atoms with Crippen molar-refractivity contribution in [2.45, 2.75) is 13.3 Å². The lowest BCUT2D eigenvalue weighted by Crippen LogP contribution is -2.02. The van der Waals surface area contributed by atoms with Crippen LogP contribution in [-0.2, 0) is 4.74 Å². The summed E-state index contributed by atoms with van der Waals surface area (Å²) in [5.41, 5.74) is 0.941. The Bertz CT molecular complexity index is 447. The van der Waals surface area contributed by atoms with E-state index in [1.807, 2.05) is 6.92 Å². The van der Waals surface area contributed by atoms with Crippen LogP contribution in [0.15, 0.2) is 36.6 Å². The number of benzene rings is 1. The van der Waals surface area contributed by atoms with Crippen LogP contribution in [0.1, 0.15) is 13.3 Å². The summed E-state index contributed by atoms with van der Waals surface area (Å²) in [7, 11) is 0. The van der Waals surface area contributed by atoms with Gasteiger partial charge in [-0.15, -0.1) is 0 Å². The standard InChI is InChI=1S/C14H15Cl3O2/c1-10(2)4-7-18-5-3-6-19-14-12(16)8-11(15)9-13(14)17/h4,7-9H,1,3,5-6H2,2H3. The fraction of sp³-hybridized carbons (Fsp3) is 0.286. The first-order valence-corrected chi connectivity index (χ1v) is 6.85. The van der Waals surface area contributed by atoms with Crippen LogP contribution in [0.25, 0.3) is 0 Å². The molecular weight excluding hydrogens is 307 g/mol. The van der Waals surface area contributed by atoms with E-state index >= 15 is 0 Å². The number of allylic oxidation sites excluding steroid dienone is 2. The van der Waals surface area contributed by atoms with Crippen molar-refractivity contribution in [3.63, 3.8) is 0 Å². The van der Waals surface area contributed by atoms with E-state index in [0.29, 0.717) is 34.0 Å². The van der Waals surface area contributed by atoms with Gasteiger partial charge >= 0.3 is 0 Å². The lowest BCUT2D eigenvalue weighted by molar-refractivity contribution is 0.209. The van der Waals surface area contributed by atoms with Gasteiger partial charge in [0, 0.05) is 11.4 Å². The lowest BCUT2D eigenvalue weighted by Gasteiger charge is -2.10. The Balaban J connectivity index is 2.32. The minimum Gasteiger partial charge on any atom is -0.501 e. The van der Waals surface area contributed by atoms with Crippen LogP contribution in [0.2, 0.25) is 15.1 Å². The molecule has 0 spiro atoms. The van der Waals surface area contributed by atoms with Gasteiger partial charge in [-0.3, -0.25) is 0 Å². The molecule has 0 aliphatic carbocycles. The van der Waals surface area contributed by atoms with Crippen molar-refractivity contribution in [2.24, 2.45) is 0 Å². The van der Waals surface area contributed by atoms with Gasteiger partial charge in [0.15, 0.2) is 5.75 Å². The largest absolute Gasteiger partial charge is 0.501 e. The Morgan fingerprint density at radius 2 is 1.84 bits per heavy atom. The molecule has 0 N–H and O–H groups in total. The second kappa shape index (κ2) is 8.36. The maximum atomic E-state index is 5.99. The molecule has 19 heavy (non-hydrogen) atoms. The van der Waals surface area contributed by atoms with E-state index in [4.69, 9.17) is 44.3 Å². The van der Waals surface area contributed by atoms with Gasteiger partial charge in [0.2, 0.25) is 0 Å². The van der Waals surface area contributed by atoms with Crippen LogP contribution >= 0.6 is 34.8 Å². The van der Waals surface area contributed by atoms with Gasteiger partial charge in [-0.2, -0.15) is 0 Å². The molecule has 2 nitrogen and oxygen atoms in total. The highest BCUT2D eigenvalue weighted by Crippen LogP contribution is 2.35. The van der Waals surface area contributed by atoms with E-state index < -0.39 is 0 Å². The average molecular weight is 322 g/mol. The van der Waals surface area contributed by atoms with Crippen molar-refractivity contribution in [1.29, 1.82) is 0 Å². The van der Waals surface area contributed by atoms with E-state index in [1.165, 1.54) is 0 Å². The molecule has 1 aromatic rings. The fourth-order valence-electron chi connectivity index (χ4n) is 1.22. The molecule has 0 saturated carbocycles. The molecule has 1 aromatic carbocycles. The molecule has 0 bridgehead atoms. The topological polar surface area (TPSA) is 18.5 Å². The summed E-state index contributed by atoms with van der Waals surface area (Å²) in [6, 6.07) is 3.19. The van der Waals surface area contributed by atoms with Crippen molar-refractivity contribution in [2.75, 3.05) is 13.2 Å². The quantitative estimate of drug-likeness (QED) is 0.374. The second-order valence-corrected chi connectivity index (χ2v) is 5.17. The average Bonchev–Trinajstić information content (AvgIpc) is 2.30. The van der Waals surface area contributed by atoms with Crippen LogP contribution in [0.5, 0.6) is 5.75 Å².